The van der Waals surface area contributed by atoms with Crippen LogP contribution >= 0.6 is 0 Å². The largest absolute Gasteiger partial charge is 0.493 e. The summed E-state index contributed by atoms with van der Waals surface area (Å²) in [6.07, 6.45) is 0. The Labute approximate surface area is 87.5 Å². The third kappa shape index (κ3) is 2.26. The molecule has 0 aromatic heterocycles. The van der Waals surface area contributed by atoms with E-state index in [1.165, 1.54) is 20.1 Å². The normalized spacial score (nSPS) is 12.3. The average molecular weight is 212 g/mol. The van der Waals surface area contributed by atoms with Crippen molar-refractivity contribution in [1.82, 2.24) is 0 Å². The van der Waals surface area contributed by atoms with E-state index in [1.54, 1.807) is 13.0 Å². The minimum atomic E-state index is -1.00. The van der Waals surface area contributed by atoms with Crippen LogP contribution in [-0.4, -0.2) is 18.2 Å². The molecule has 0 fully saturated rings. The molecule has 1 N–H and O–H groups in total. The maximum absolute atomic E-state index is 13.4. The maximum atomic E-state index is 13.4. The molecule has 0 radical (unpaired) electrons. The van der Waals surface area contributed by atoms with E-state index in [1.807, 2.05) is 0 Å². The summed E-state index contributed by atoms with van der Waals surface area (Å²) in [5, 5.41) is 8.86. The Bertz CT molecular complexity index is 388. The zero-order chi connectivity index (χ0) is 11.6. The van der Waals surface area contributed by atoms with E-state index < -0.39 is 17.7 Å². The monoisotopic (exact) mass is 212 g/mol. The molecule has 0 aliphatic rings. The van der Waals surface area contributed by atoms with Gasteiger partial charge in [0.1, 0.15) is 0 Å². The summed E-state index contributed by atoms with van der Waals surface area (Å²) in [7, 11) is 1.33. The summed E-state index contributed by atoms with van der Waals surface area (Å²) in [5.41, 5.74) is 1.04. The third-order valence-electron chi connectivity index (χ3n) is 2.26. The van der Waals surface area contributed by atoms with Gasteiger partial charge >= 0.3 is 5.97 Å². The number of hydrogen-bond donors (Lipinski definition) is 1. The van der Waals surface area contributed by atoms with E-state index in [-0.39, 0.29) is 5.75 Å². The predicted molar refractivity (Wildman–Crippen MR) is 53.7 cm³/mol. The molecule has 82 valence electrons. The summed E-state index contributed by atoms with van der Waals surface area (Å²) < 4.78 is 18.3. The molecule has 1 rings (SSSR count). The lowest BCUT2D eigenvalue weighted by atomic mass is 9.98. The molecular weight excluding hydrogens is 199 g/mol. The number of aryl methyl sites for hydroxylation is 1. The van der Waals surface area contributed by atoms with Crippen LogP contribution in [0.5, 0.6) is 5.75 Å². The van der Waals surface area contributed by atoms with Crippen molar-refractivity contribution in [3.63, 3.8) is 0 Å². The van der Waals surface area contributed by atoms with Crippen molar-refractivity contribution in [1.29, 1.82) is 0 Å². The fourth-order valence-electron chi connectivity index (χ4n) is 1.43. The highest BCUT2D eigenvalue weighted by Gasteiger charge is 2.21. The molecule has 1 unspecified atom stereocenters. The zero-order valence-corrected chi connectivity index (χ0v) is 8.87. The quantitative estimate of drug-likeness (QED) is 0.836. The van der Waals surface area contributed by atoms with Gasteiger partial charge in [0.15, 0.2) is 11.6 Å². The zero-order valence-electron chi connectivity index (χ0n) is 8.87. The second-order valence-electron chi connectivity index (χ2n) is 3.43. The van der Waals surface area contributed by atoms with Gasteiger partial charge in [0.25, 0.3) is 0 Å². The summed E-state index contributed by atoms with van der Waals surface area (Å²) in [4.78, 5) is 10.8. The third-order valence-corrected chi connectivity index (χ3v) is 2.26. The number of methoxy groups -OCH3 is 1. The van der Waals surface area contributed by atoms with Crippen LogP contribution in [0, 0.1) is 12.7 Å². The highest BCUT2D eigenvalue weighted by Crippen LogP contribution is 2.30. The number of halogens is 1. The second kappa shape index (κ2) is 4.29. The van der Waals surface area contributed by atoms with Crippen molar-refractivity contribution in [2.75, 3.05) is 7.11 Å². The van der Waals surface area contributed by atoms with Crippen LogP contribution in [-0.2, 0) is 4.79 Å². The van der Waals surface area contributed by atoms with Gasteiger partial charge in [-0.15, -0.1) is 0 Å². The van der Waals surface area contributed by atoms with Crippen LogP contribution in [0.2, 0.25) is 0 Å². The van der Waals surface area contributed by atoms with Crippen LogP contribution in [0.1, 0.15) is 24.0 Å². The van der Waals surface area contributed by atoms with Crippen molar-refractivity contribution in [3.8, 4) is 5.75 Å². The smallest absolute Gasteiger partial charge is 0.310 e. The summed E-state index contributed by atoms with van der Waals surface area (Å²) in [6.45, 7) is 3.21. The Hall–Kier alpha value is -1.58. The molecule has 0 saturated carbocycles. The Morgan fingerprint density at radius 1 is 1.53 bits per heavy atom. The number of carboxylic acids is 1. The van der Waals surface area contributed by atoms with Crippen LogP contribution in [0.3, 0.4) is 0 Å². The number of carboxylic acid groups (broad SMARTS) is 1. The first-order chi connectivity index (χ1) is 6.97. The van der Waals surface area contributed by atoms with E-state index in [2.05, 4.69) is 0 Å². The van der Waals surface area contributed by atoms with Gasteiger partial charge in [-0.05, 0) is 25.5 Å². The second-order valence-corrected chi connectivity index (χ2v) is 3.43. The van der Waals surface area contributed by atoms with E-state index >= 15 is 0 Å². The minimum Gasteiger partial charge on any atom is -0.493 e. The molecule has 0 aliphatic carbocycles. The molecule has 0 heterocycles. The van der Waals surface area contributed by atoms with Gasteiger partial charge in [-0.2, -0.15) is 0 Å². The molecule has 1 atom stereocenters. The molecule has 1 aromatic rings. The van der Waals surface area contributed by atoms with Crippen molar-refractivity contribution < 1.29 is 19.0 Å². The van der Waals surface area contributed by atoms with Gasteiger partial charge in [0, 0.05) is 5.56 Å². The van der Waals surface area contributed by atoms with Crippen molar-refractivity contribution >= 4 is 5.97 Å². The number of ether oxygens (including phenoxy) is 1. The minimum absolute atomic E-state index is 0.00972. The van der Waals surface area contributed by atoms with Crippen LogP contribution < -0.4 is 4.74 Å². The fraction of sp³-hybridized carbons (Fsp3) is 0.364. The van der Waals surface area contributed by atoms with Gasteiger partial charge in [-0.25, -0.2) is 4.39 Å². The predicted octanol–water partition coefficient (Wildman–Crippen LogP) is 2.33. The lowest BCUT2D eigenvalue weighted by Crippen LogP contribution is -2.10. The van der Waals surface area contributed by atoms with E-state index in [0.717, 1.165) is 0 Å². The van der Waals surface area contributed by atoms with E-state index in [0.29, 0.717) is 11.1 Å². The molecule has 1 aromatic carbocycles. The molecular formula is C11H13FO3. The van der Waals surface area contributed by atoms with Crippen molar-refractivity contribution in [2.45, 2.75) is 19.8 Å². The van der Waals surface area contributed by atoms with Crippen LogP contribution in [0.25, 0.3) is 0 Å². The number of carbonyl (C=O) groups is 1. The Kier molecular flexibility index (Phi) is 3.29. The topological polar surface area (TPSA) is 46.5 Å². The number of benzene rings is 1. The number of rotatable bonds is 3. The van der Waals surface area contributed by atoms with E-state index in [4.69, 9.17) is 9.84 Å². The van der Waals surface area contributed by atoms with Gasteiger partial charge in [0.05, 0.1) is 13.0 Å². The molecule has 0 spiro atoms. The highest BCUT2D eigenvalue weighted by atomic mass is 19.1. The summed E-state index contributed by atoms with van der Waals surface area (Å²) in [5.74, 6) is -2.30. The SMILES string of the molecule is COc1c(F)cc(C)cc1C(C)C(=O)O. The Morgan fingerprint density at radius 3 is 2.60 bits per heavy atom. The first-order valence-electron chi connectivity index (χ1n) is 4.54. The molecule has 3 nitrogen and oxygen atoms in total. The molecule has 0 bridgehead atoms. The first-order valence-corrected chi connectivity index (χ1v) is 4.54. The summed E-state index contributed by atoms with van der Waals surface area (Å²) in [6, 6.07) is 2.94. The van der Waals surface area contributed by atoms with E-state index in [9.17, 15) is 9.18 Å². The van der Waals surface area contributed by atoms with Gasteiger partial charge in [0.2, 0.25) is 0 Å². The first kappa shape index (κ1) is 11.5. The van der Waals surface area contributed by atoms with Gasteiger partial charge in [-0.3, -0.25) is 4.79 Å². The van der Waals surface area contributed by atoms with Gasteiger partial charge < -0.3 is 9.84 Å². The van der Waals surface area contributed by atoms with Crippen molar-refractivity contribution in [2.24, 2.45) is 0 Å². The van der Waals surface area contributed by atoms with Gasteiger partial charge in [-0.1, -0.05) is 6.07 Å². The lowest BCUT2D eigenvalue weighted by molar-refractivity contribution is -0.138. The average Bonchev–Trinajstić information content (AvgIpc) is 2.15. The lowest BCUT2D eigenvalue weighted by Gasteiger charge is -2.13. The van der Waals surface area contributed by atoms with Crippen LogP contribution in [0.15, 0.2) is 12.1 Å². The number of hydrogen-bond acceptors (Lipinski definition) is 2. The molecule has 0 amide bonds. The van der Waals surface area contributed by atoms with Crippen molar-refractivity contribution in [3.05, 3.63) is 29.1 Å². The Balaban J connectivity index is 3.32. The molecule has 4 heteroatoms. The summed E-state index contributed by atoms with van der Waals surface area (Å²) >= 11 is 0. The standard InChI is InChI=1S/C11H13FO3/c1-6-4-8(7(2)11(13)14)10(15-3)9(12)5-6/h4-5,7H,1-3H3,(H,13,14). The van der Waals surface area contributed by atoms with Crippen LogP contribution in [0.4, 0.5) is 4.39 Å². The number of aliphatic carboxylic acids is 1. The molecule has 0 aliphatic heterocycles. The molecule has 15 heavy (non-hydrogen) atoms. The maximum Gasteiger partial charge on any atom is 0.310 e. The molecule has 0 saturated heterocycles. The highest BCUT2D eigenvalue weighted by molar-refractivity contribution is 5.76. The fourth-order valence-corrected chi connectivity index (χ4v) is 1.43. The Morgan fingerprint density at radius 2 is 2.13 bits per heavy atom.